The molecule has 0 aliphatic carbocycles. The molecule has 150 valence electrons. The van der Waals surface area contributed by atoms with Gasteiger partial charge in [0.15, 0.2) is 6.29 Å². The molecule has 2 unspecified atom stereocenters. The Balaban J connectivity index is 4.12. The highest BCUT2D eigenvalue weighted by atomic mass is 16.7. The highest BCUT2D eigenvalue weighted by molar-refractivity contribution is 5.63. The monoisotopic (exact) mass is 363 g/mol. The van der Waals surface area contributed by atoms with Crippen LogP contribution in [0.25, 0.3) is 0 Å². The van der Waals surface area contributed by atoms with Crippen molar-refractivity contribution in [2.24, 2.45) is 0 Å². The minimum atomic E-state index is -1.00. The number of aliphatic carboxylic acids is 1. The molecule has 0 heterocycles. The van der Waals surface area contributed by atoms with Crippen molar-refractivity contribution in [2.45, 2.75) is 64.8 Å². The third kappa shape index (κ3) is 16.5. The second-order valence-electron chi connectivity index (χ2n) is 5.68. The van der Waals surface area contributed by atoms with Gasteiger partial charge in [0.1, 0.15) is 0 Å². The molecule has 2 atom stereocenters. The topological polar surface area (TPSA) is 86.3 Å². The van der Waals surface area contributed by atoms with E-state index in [1.165, 1.54) is 0 Å². The van der Waals surface area contributed by atoms with Crippen LogP contribution in [0, 0.1) is 0 Å². The lowest BCUT2D eigenvalue weighted by Crippen LogP contribution is -2.28. The molecule has 0 fully saturated rings. The molecule has 0 N–H and O–H groups in total. The van der Waals surface area contributed by atoms with Crippen LogP contribution in [0.2, 0.25) is 0 Å². The largest absolute Gasteiger partial charge is 0.550 e. The van der Waals surface area contributed by atoms with Crippen molar-refractivity contribution in [3.05, 3.63) is 0 Å². The van der Waals surface area contributed by atoms with Crippen molar-refractivity contribution in [2.75, 3.05) is 46.8 Å². The average Bonchev–Trinajstić information content (AvgIpc) is 2.60. The molecule has 0 aliphatic rings. The van der Waals surface area contributed by atoms with E-state index < -0.39 is 5.97 Å². The van der Waals surface area contributed by atoms with Crippen LogP contribution in [0.3, 0.4) is 0 Å². The van der Waals surface area contributed by atoms with E-state index in [2.05, 4.69) is 6.92 Å². The Morgan fingerprint density at radius 3 is 2.28 bits per heavy atom. The summed E-state index contributed by atoms with van der Waals surface area (Å²) >= 11 is 0. The second-order valence-corrected chi connectivity index (χ2v) is 5.68. The number of carboxylic acid groups (broad SMARTS) is 1. The molecule has 0 radical (unpaired) electrons. The number of carbonyl (C=O) groups is 1. The van der Waals surface area contributed by atoms with Crippen molar-refractivity contribution in [1.82, 2.24) is 0 Å². The zero-order valence-corrected chi connectivity index (χ0v) is 16.0. The van der Waals surface area contributed by atoms with Gasteiger partial charge in [0.2, 0.25) is 0 Å². The summed E-state index contributed by atoms with van der Waals surface area (Å²) in [5, 5.41) is 10.4. The van der Waals surface area contributed by atoms with E-state index in [1.807, 2.05) is 6.92 Å². The van der Waals surface area contributed by atoms with Crippen LogP contribution in [0.15, 0.2) is 0 Å². The Morgan fingerprint density at radius 2 is 1.64 bits per heavy atom. The summed E-state index contributed by atoms with van der Waals surface area (Å²) in [6.45, 7) is 7.30. The first kappa shape index (κ1) is 24.3. The zero-order chi connectivity index (χ0) is 18.8. The van der Waals surface area contributed by atoms with Crippen molar-refractivity contribution in [3.8, 4) is 0 Å². The number of rotatable bonds is 19. The van der Waals surface area contributed by atoms with Crippen molar-refractivity contribution in [1.29, 1.82) is 0 Å². The first-order valence-corrected chi connectivity index (χ1v) is 9.25. The van der Waals surface area contributed by atoms with Gasteiger partial charge in [0.25, 0.3) is 0 Å². The van der Waals surface area contributed by atoms with Crippen LogP contribution in [-0.2, 0) is 28.5 Å². The molecule has 25 heavy (non-hydrogen) atoms. The summed E-state index contributed by atoms with van der Waals surface area (Å²) in [6, 6.07) is 0. The molecule has 0 spiro atoms. The van der Waals surface area contributed by atoms with E-state index >= 15 is 0 Å². The minimum Gasteiger partial charge on any atom is -0.550 e. The minimum absolute atomic E-state index is 0.0466. The molecule has 0 aromatic heterocycles. The zero-order valence-electron chi connectivity index (χ0n) is 16.0. The summed E-state index contributed by atoms with van der Waals surface area (Å²) in [6.07, 6.45) is 3.49. The van der Waals surface area contributed by atoms with E-state index in [1.54, 1.807) is 7.11 Å². The molecule has 0 aliphatic heterocycles. The summed E-state index contributed by atoms with van der Waals surface area (Å²) in [5.74, 6) is -1.00. The fraction of sp³-hybridized carbons (Fsp3) is 0.944. The van der Waals surface area contributed by atoms with E-state index in [0.717, 1.165) is 19.3 Å². The maximum absolute atomic E-state index is 10.4. The predicted octanol–water partition coefficient (Wildman–Crippen LogP) is 1.52. The Bertz CT molecular complexity index is 299. The first-order valence-electron chi connectivity index (χ1n) is 9.25. The number of hydrogen-bond donors (Lipinski definition) is 0. The summed E-state index contributed by atoms with van der Waals surface area (Å²) in [5.41, 5.74) is 0. The maximum Gasteiger partial charge on any atom is 0.160 e. The fourth-order valence-corrected chi connectivity index (χ4v) is 2.20. The van der Waals surface area contributed by atoms with Crippen LogP contribution in [0.5, 0.6) is 0 Å². The number of ether oxygens (including phenoxy) is 5. The van der Waals surface area contributed by atoms with Crippen LogP contribution >= 0.6 is 0 Å². The van der Waals surface area contributed by atoms with Crippen LogP contribution in [-0.4, -0.2) is 65.1 Å². The van der Waals surface area contributed by atoms with Crippen LogP contribution < -0.4 is 5.11 Å². The maximum atomic E-state index is 10.4. The third-order valence-corrected chi connectivity index (χ3v) is 3.62. The van der Waals surface area contributed by atoms with Gasteiger partial charge in [0, 0.05) is 32.7 Å². The van der Waals surface area contributed by atoms with Gasteiger partial charge in [0.05, 0.1) is 32.5 Å². The van der Waals surface area contributed by atoms with Crippen molar-refractivity contribution < 1.29 is 33.6 Å². The van der Waals surface area contributed by atoms with Gasteiger partial charge in [-0.05, 0) is 32.6 Å². The Hall–Kier alpha value is -0.730. The lowest BCUT2D eigenvalue weighted by molar-refractivity contribution is -0.305. The quantitative estimate of drug-likeness (QED) is 0.254. The summed E-state index contributed by atoms with van der Waals surface area (Å²) in [7, 11) is 1.65. The van der Waals surface area contributed by atoms with E-state index in [9.17, 15) is 9.90 Å². The molecular formula is C18H35O7-. The van der Waals surface area contributed by atoms with Gasteiger partial charge in [-0.1, -0.05) is 13.3 Å². The van der Waals surface area contributed by atoms with Crippen molar-refractivity contribution in [3.63, 3.8) is 0 Å². The molecule has 0 bridgehead atoms. The number of methoxy groups -OCH3 is 1. The lowest BCUT2D eigenvalue weighted by atomic mass is 10.2. The predicted molar refractivity (Wildman–Crippen MR) is 92.2 cm³/mol. The molecule has 0 amide bonds. The molecule has 7 nitrogen and oxygen atoms in total. The average molecular weight is 363 g/mol. The van der Waals surface area contributed by atoms with Gasteiger partial charge >= 0.3 is 0 Å². The van der Waals surface area contributed by atoms with Gasteiger partial charge < -0.3 is 33.6 Å². The number of hydrogen-bond acceptors (Lipinski definition) is 7. The number of carbonyl (C=O) groups excluding carboxylic acids is 1. The Labute approximate surface area is 151 Å². The Morgan fingerprint density at radius 1 is 0.920 bits per heavy atom. The highest BCUT2D eigenvalue weighted by Gasteiger charge is 2.17. The normalized spacial score (nSPS) is 13.7. The van der Waals surface area contributed by atoms with Crippen molar-refractivity contribution >= 4 is 5.97 Å². The van der Waals surface area contributed by atoms with Crippen LogP contribution in [0.4, 0.5) is 0 Å². The fourth-order valence-electron chi connectivity index (χ4n) is 2.20. The lowest BCUT2D eigenvalue weighted by Gasteiger charge is -2.24. The first-order chi connectivity index (χ1) is 12.1. The summed E-state index contributed by atoms with van der Waals surface area (Å²) in [4.78, 5) is 10.4. The van der Waals surface area contributed by atoms with E-state index in [0.29, 0.717) is 52.5 Å². The smallest absolute Gasteiger partial charge is 0.160 e. The molecule has 0 saturated heterocycles. The summed E-state index contributed by atoms with van der Waals surface area (Å²) < 4.78 is 27.6. The standard InChI is InChI=1S/C18H36O7/c1-4-16(23-13-11-21-3)15-18(25-14-12-22-5-2)24-10-8-6-7-9-17(19)20/h16,18H,4-15H2,1-3H3,(H,19,20)/p-1. The molecule has 0 aromatic carbocycles. The molecule has 0 aromatic rings. The van der Waals surface area contributed by atoms with E-state index in [-0.39, 0.29) is 18.8 Å². The van der Waals surface area contributed by atoms with Gasteiger partial charge in [-0.2, -0.15) is 0 Å². The number of unbranched alkanes of at least 4 members (excludes halogenated alkanes) is 2. The highest BCUT2D eigenvalue weighted by Crippen LogP contribution is 2.13. The van der Waals surface area contributed by atoms with Crippen LogP contribution in [0.1, 0.15) is 52.4 Å². The third-order valence-electron chi connectivity index (χ3n) is 3.62. The molecule has 0 saturated carbocycles. The van der Waals surface area contributed by atoms with Gasteiger partial charge in [-0.25, -0.2) is 0 Å². The molecule has 0 rings (SSSR count). The second kappa shape index (κ2) is 18.1. The van der Waals surface area contributed by atoms with E-state index in [4.69, 9.17) is 23.7 Å². The molecule has 7 heteroatoms. The molecular weight excluding hydrogens is 328 g/mol. The van der Waals surface area contributed by atoms with Gasteiger partial charge in [-0.15, -0.1) is 0 Å². The Kier molecular flexibility index (Phi) is 17.5. The number of carboxylic acids is 1. The van der Waals surface area contributed by atoms with Gasteiger partial charge in [-0.3, -0.25) is 0 Å². The SMILES string of the molecule is CCOCCOC(CC(CC)OCCOC)OCCCCCC(=O)[O-].